The molecular weight excluding hydrogens is 332 g/mol. The van der Waals surface area contributed by atoms with Crippen LogP contribution in [0.1, 0.15) is 51.4 Å². The zero-order valence-electron chi connectivity index (χ0n) is 15.9. The molecule has 0 aliphatic heterocycles. The monoisotopic (exact) mass is 358 g/mol. The number of benzene rings is 1. The van der Waals surface area contributed by atoms with E-state index in [4.69, 9.17) is 4.74 Å². The van der Waals surface area contributed by atoms with Crippen LogP contribution in [0, 0.1) is 6.92 Å². The van der Waals surface area contributed by atoms with Gasteiger partial charge in [0.05, 0.1) is 5.52 Å². The van der Waals surface area contributed by atoms with Crippen molar-refractivity contribution in [3.63, 3.8) is 0 Å². The lowest BCUT2D eigenvalue weighted by molar-refractivity contribution is -0.143. The van der Waals surface area contributed by atoms with Gasteiger partial charge in [-0.05, 0) is 57.9 Å². The number of carboxylic acids is 1. The first-order chi connectivity index (χ1) is 12.1. The molecule has 1 aromatic carbocycles. The minimum Gasteiger partial charge on any atom is -0.479 e. The molecule has 0 spiro atoms. The van der Waals surface area contributed by atoms with Crippen molar-refractivity contribution in [2.24, 2.45) is 0 Å². The van der Waals surface area contributed by atoms with E-state index in [1.807, 2.05) is 26.0 Å². The van der Waals surface area contributed by atoms with Crippen molar-refractivity contribution in [3.8, 4) is 0 Å². The molecule has 0 radical (unpaired) electrons. The smallest absolute Gasteiger partial charge is 0.411 e. The van der Waals surface area contributed by atoms with Gasteiger partial charge >= 0.3 is 12.1 Å². The van der Waals surface area contributed by atoms with Crippen molar-refractivity contribution in [1.82, 2.24) is 9.88 Å². The molecule has 0 fully saturated rings. The van der Waals surface area contributed by atoms with Crippen molar-refractivity contribution in [3.05, 3.63) is 41.6 Å². The summed E-state index contributed by atoms with van der Waals surface area (Å²) in [5.41, 5.74) is 1.50. The molecular formula is C20H26N2O4. The number of aryl methyl sites for hydroxylation is 1. The first-order valence-corrected chi connectivity index (χ1v) is 8.72. The molecule has 2 rings (SSSR count). The SMILES string of the molecule is CCCN(C(=O)OC(C)(C)C)C(C(=O)O)c1ccc2nc(C)ccc2c1. The van der Waals surface area contributed by atoms with Gasteiger partial charge in [-0.3, -0.25) is 9.88 Å². The van der Waals surface area contributed by atoms with E-state index in [1.165, 1.54) is 4.90 Å². The van der Waals surface area contributed by atoms with Gasteiger partial charge in [-0.2, -0.15) is 0 Å². The van der Waals surface area contributed by atoms with E-state index >= 15 is 0 Å². The molecule has 0 saturated heterocycles. The molecule has 0 aliphatic carbocycles. The molecule has 1 unspecified atom stereocenters. The van der Waals surface area contributed by atoms with E-state index in [9.17, 15) is 14.7 Å². The van der Waals surface area contributed by atoms with Crippen LogP contribution in [-0.4, -0.2) is 39.2 Å². The number of aliphatic carboxylic acids is 1. The van der Waals surface area contributed by atoms with Gasteiger partial charge in [0.25, 0.3) is 0 Å². The minimum absolute atomic E-state index is 0.288. The van der Waals surface area contributed by atoms with Crippen LogP contribution in [0.2, 0.25) is 0 Å². The normalized spacial score (nSPS) is 12.7. The van der Waals surface area contributed by atoms with Crippen LogP contribution in [0.25, 0.3) is 10.9 Å². The average Bonchev–Trinajstić information content (AvgIpc) is 2.52. The van der Waals surface area contributed by atoms with E-state index in [2.05, 4.69) is 4.98 Å². The number of rotatable bonds is 5. The number of nitrogens with zero attached hydrogens (tertiary/aromatic N) is 2. The molecule has 1 aromatic heterocycles. The lowest BCUT2D eigenvalue weighted by atomic mass is 10.0. The summed E-state index contributed by atoms with van der Waals surface area (Å²) in [6.07, 6.45) is -0.00829. The summed E-state index contributed by atoms with van der Waals surface area (Å²) in [5, 5.41) is 10.7. The van der Waals surface area contributed by atoms with Crippen molar-refractivity contribution in [2.75, 3.05) is 6.54 Å². The topological polar surface area (TPSA) is 79.7 Å². The number of carbonyl (C=O) groups is 2. The third-order valence-corrected chi connectivity index (χ3v) is 3.81. The van der Waals surface area contributed by atoms with E-state index < -0.39 is 23.7 Å². The first kappa shape index (κ1) is 19.7. The quantitative estimate of drug-likeness (QED) is 0.861. The molecule has 26 heavy (non-hydrogen) atoms. The maximum absolute atomic E-state index is 12.6. The standard InChI is InChI=1S/C20H26N2O4/c1-6-11-22(19(25)26-20(3,4)5)17(18(23)24)15-9-10-16-14(12-15)8-7-13(2)21-16/h7-10,12,17H,6,11H2,1-5H3,(H,23,24). The fourth-order valence-electron chi connectivity index (χ4n) is 2.76. The van der Waals surface area contributed by atoms with Crippen molar-refractivity contribution in [1.29, 1.82) is 0 Å². The number of ether oxygens (including phenoxy) is 1. The van der Waals surface area contributed by atoms with Gasteiger partial charge < -0.3 is 9.84 Å². The summed E-state index contributed by atoms with van der Waals surface area (Å²) in [4.78, 5) is 30.3. The Morgan fingerprint density at radius 2 is 1.92 bits per heavy atom. The second-order valence-electron chi connectivity index (χ2n) is 7.32. The number of hydrogen-bond donors (Lipinski definition) is 1. The van der Waals surface area contributed by atoms with Gasteiger partial charge in [0.1, 0.15) is 5.60 Å². The summed E-state index contributed by atoms with van der Waals surface area (Å²) in [6.45, 7) is 9.36. The van der Waals surface area contributed by atoms with Gasteiger partial charge in [0.15, 0.2) is 6.04 Å². The van der Waals surface area contributed by atoms with Crippen molar-refractivity contribution < 1.29 is 19.4 Å². The highest BCUT2D eigenvalue weighted by molar-refractivity contribution is 5.85. The Hall–Kier alpha value is -2.63. The third-order valence-electron chi connectivity index (χ3n) is 3.81. The second kappa shape index (κ2) is 7.72. The fourth-order valence-corrected chi connectivity index (χ4v) is 2.76. The summed E-state index contributed by atoms with van der Waals surface area (Å²) >= 11 is 0. The van der Waals surface area contributed by atoms with Crippen LogP contribution in [0.5, 0.6) is 0 Å². The lowest BCUT2D eigenvalue weighted by Gasteiger charge is -2.31. The maximum atomic E-state index is 12.6. The Balaban J connectivity index is 2.46. The molecule has 1 atom stereocenters. The number of amides is 1. The molecule has 1 heterocycles. The van der Waals surface area contributed by atoms with Crippen molar-refractivity contribution >= 4 is 23.0 Å². The number of hydrogen-bond acceptors (Lipinski definition) is 4. The van der Waals surface area contributed by atoms with Crippen LogP contribution in [0.3, 0.4) is 0 Å². The predicted octanol–water partition coefficient (Wildman–Crippen LogP) is 4.32. The van der Waals surface area contributed by atoms with Gasteiger partial charge in [-0.1, -0.05) is 19.1 Å². The molecule has 0 aliphatic rings. The molecule has 6 heteroatoms. The number of carbonyl (C=O) groups excluding carboxylic acids is 1. The Morgan fingerprint density at radius 1 is 1.23 bits per heavy atom. The van der Waals surface area contributed by atoms with Gasteiger partial charge in [-0.25, -0.2) is 9.59 Å². The second-order valence-corrected chi connectivity index (χ2v) is 7.32. The zero-order chi connectivity index (χ0) is 19.5. The fraction of sp³-hybridized carbons (Fsp3) is 0.450. The molecule has 6 nitrogen and oxygen atoms in total. The van der Waals surface area contributed by atoms with E-state index in [0.717, 1.165) is 16.6 Å². The Kier molecular flexibility index (Phi) is 5.85. The number of pyridine rings is 1. The predicted molar refractivity (Wildman–Crippen MR) is 100 cm³/mol. The van der Waals surface area contributed by atoms with Crippen LogP contribution >= 0.6 is 0 Å². The largest absolute Gasteiger partial charge is 0.479 e. The summed E-state index contributed by atoms with van der Waals surface area (Å²) in [7, 11) is 0. The molecule has 0 bridgehead atoms. The highest BCUT2D eigenvalue weighted by atomic mass is 16.6. The Morgan fingerprint density at radius 3 is 2.50 bits per heavy atom. The van der Waals surface area contributed by atoms with Crippen LogP contribution < -0.4 is 0 Å². The summed E-state index contributed by atoms with van der Waals surface area (Å²) < 4.78 is 5.42. The molecule has 2 aromatic rings. The average molecular weight is 358 g/mol. The maximum Gasteiger partial charge on any atom is 0.411 e. The molecule has 1 amide bonds. The van der Waals surface area contributed by atoms with E-state index in [-0.39, 0.29) is 6.54 Å². The van der Waals surface area contributed by atoms with E-state index in [1.54, 1.807) is 39.0 Å². The zero-order valence-corrected chi connectivity index (χ0v) is 15.9. The van der Waals surface area contributed by atoms with Gasteiger partial charge in [-0.15, -0.1) is 0 Å². The van der Waals surface area contributed by atoms with Crippen LogP contribution in [0.15, 0.2) is 30.3 Å². The minimum atomic E-state index is -1.12. The van der Waals surface area contributed by atoms with Crippen LogP contribution in [0.4, 0.5) is 4.79 Å². The molecule has 140 valence electrons. The molecule has 0 saturated carbocycles. The first-order valence-electron chi connectivity index (χ1n) is 8.72. The highest BCUT2D eigenvalue weighted by Gasteiger charge is 2.33. The number of aromatic nitrogens is 1. The van der Waals surface area contributed by atoms with E-state index in [0.29, 0.717) is 12.0 Å². The Labute approximate surface area is 153 Å². The van der Waals surface area contributed by atoms with Crippen molar-refractivity contribution in [2.45, 2.75) is 52.7 Å². The number of fused-ring (bicyclic) bond motifs is 1. The van der Waals surface area contributed by atoms with Gasteiger partial charge in [0.2, 0.25) is 0 Å². The third kappa shape index (κ3) is 4.71. The number of carboxylic acid groups (broad SMARTS) is 1. The Bertz CT molecular complexity index is 811. The summed E-state index contributed by atoms with van der Waals surface area (Å²) in [6, 6.07) is 7.92. The summed E-state index contributed by atoms with van der Waals surface area (Å²) in [5.74, 6) is -1.09. The molecule has 1 N–H and O–H groups in total. The lowest BCUT2D eigenvalue weighted by Crippen LogP contribution is -2.42. The van der Waals surface area contributed by atoms with Gasteiger partial charge in [0, 0.05) is 17.6 Å². The highest BCUT2D eigenvalue weighted by Crippen LogP contribution is 2.27. The van der Waals surface area contributed by atoms with Crippen LogP contribution in [-0.2, 0) is 9.53 Å².